The molecule has 0 saturated heterocycles. The molecule has 5 heteroatoms. The first-order valence-electron chi connectivity index (χ1n) is 5.87. The number of nitrogens with two attached hydrogens (primary N) is 1. The summed E-state index contributed by atoms with van der Waals surface area (Å²) < 4.78 is 0. The van der Waals surface area contributed by atoms with Crippen LogP contribution in [0.5, 0.6) is 0 Å². The van der Waals surface area contributed by atoms with Crippen LogP contribution in [-0.2, 0) is 9.59 Å². The van der Waals surface area contributed by atoms with Crippen molar-refractivity contribution in [3.8, 4) is 0 Å². The second-order valence-electron chi connectivity index (χ2n) is 4.77. The molecule has 4 N–H and O–H groups in total. The fourth-order valence-corrected chi connectivity index (χ4v) is 1.96. The molecule has 0 fully saturated rings. The molecule has 1 amide bonds. The van der Waals surface area contributed by atoms with Gasteiger partial charge in [-0.3, -0.25) is 9.59 Å². The maximum atomic E-state index is 11.9. The zero-order valence-corrected chi connectivity index (χ0v) is 10.2. The first kappa shape index (κ1) is 13.7. The van der Waals surface area contributed by atoms with Crippen LogP contribution in [0, 0.1) is 17.8 Å². The van der Waals surface area contributed by atoms with Gasteiger partial charge in [0.15, 0.2) is 0 Å². The van der Waals surface area contributed by atoms with E-state index in [0.717, 1.165) is 0 Å². The number of carboxylic acids is 1. The second kappa shape index (κ2) is 5.82. The molecular formula is C12H20N2O3. The zero-order valence-electron chi connectivity index (χ0n) is 10.2. The van der Waals surface area contributed by atoms with Gasteiger partial charge in [-0.15, -0.1) is 0 Å². The van der Waals surface area contributed by atoms with Crippen LogP contribution in [-0.4, -0.2) is 29.6 Å². The minimum Gasteiger partial charge on any atom is -0.481 e. The Bertz CT molecular complexity index is 326. The van der Waals surface area contributed by atoms with E-state index in [0.29, 0.717) is 13.0 Å². The Labute approximate surface area is 101 Å². The van der Waals surface area contributed by atoms with Crippen LogP contribution in [0.25, 0.3) is 0 Å². The van der Waals surface area contributed by atoms with Crippen LogP contribution in [0.2, 0.25) is 0 Å². The SMILES string of the molecule is CC(C)C(CN)C(=O)NC1C=CC(C(=O)O)C1. The van der Waals surface area contributed by atoms with Crippen molar-refractivity contribution in [2.45, 2.75) is 26.3 Å². The molecule has 0 aromatic carbocycles. The van der Waals surface area contributed by atoms with E-state index in [4.69, 9.17) is 10.8 Å². The lowest BCUT2D eigenvalue weighted by molar-refractivity contribution is -0.140. The molecule has 3 unspecified atom stereocenters. The van der Waals surface area contributed by atoms with Gasteiger partial charge >= 0.3 is 5.97 Å². The molecule has 0 aromatic heterocycles. The van der Waals surface area contributed by atoms with Gasteiger partial charge in [0.05, 0.1) is 11.8 Å². The highest BCUT2D eigenvalue weighted by Crippen LogP contribution is 2.19. The largest absolute Gasteiger partial charge is 0.481 e. The first-order chi connectivity index (χ1) is 7.95. The summed E-state index contributed by atoms with van der Waals surface area (Å²) in [5.41, 5.74) is 5.55. The highest BCUT2D eigenvalue weighted by atomic mass is 16.4. The van der Waals surface area contributed by atoms with Gasteiger partial charge in [-0.05, 0) is 12.3 Å². The molecule has 1 aliphatic carbocycles. The van der Waals surface area contributed by atoms with Gasteiger partial charge in [0, 0.05) is 12.6 Å². The van der Waals surface area contributed by atoms with E-state index < -0.39 is 11.9 Å². The normalized spacial score (nSPS) is 24.9. The van der Waals surface area contributed by atoms with Crippen molar-refractivity contribution in [3.63, 3.8) is 0 Å². The third-order valence-electron chi connectivity index (χ3n) is 3.12. The van der Waals surface area contributed by atoms with Crippen molar-refractivity contribution in [2.75, 3.05) is 6.54 Å². The van der Waals surface area contributed by atoms with E-state index in [1.807, 2.05) is 13.8 Å². The van der Waals surface area contributed by atoms with Crippen LogP contribution in [0.1, 0.15) is 20.3 Å². The van der Waals surface area contributed by atoms with Crippen molar-refractivity contribution >= 4 is 11.9 Å². The smallest absolute Gasteiger partial charge is 0.310 e. The maximum Gasteiger partial charge on any atom is 0.310 e. The number of carbonyl (C=O) groups excluding carboxylic acids is 1. The quantitative estimate of drug-likeness (QED) is 0.605. The summed E-state index contributed by atoms with van der Waals surface area (Å²) in [6.45, 7) is 4.20. The van der Waals surface area contributed by atoms with Crippen LogP contribution in [0.3, 0.4) is 0 Å². The third kappa shape index (κ3) is 3.56. The molecule has 96 valence electrons. The summed E-state index contributed by atoms with van der Waals surface area (Å²) in [4.78, 5) is 22.6. The Kier molecular flexibility index (Phi) is 4.69. The summed E-state index contributed by atoms with van der Waals surface area (Å²) >= 11 is 0. The highest BCUT2D eigenvalue weighted by Gasteiger charge is 2.28. The minimum atomic E-state index is -0.850. The van der Waals surface area contributed by atoms with Crippen LogP contribution < -0.4 is 11.1 Å². The number of nitrogens with one attached hydrogen (secondary N) is 1. The first-order valence-corrected chi connectivity index (χ1v) is 5.87. The van der Waals surface area contributed by atoms with Crippen LogP contribution in [0.4, 0.5) is 0 Å². The molecule has 0 heterocycles. The topological polar surface area (TPSA) is 92.4 Å². The maximum absolute atomic E-state index is 11.9. The Balaban J connectivity index is 2.49. The Morgan fingerprint density at radius 2 is 2.12 bits per heavy atom. The minimum absolute atomic E-state index is 0.0943. The molecule has 5 nitrogen and oxygen atoms in total. The predicted molar refractivity (Wildman–Crippen MR) is 64.2 cm³/mol. The predicted octanol–water partition coefficient (Wildman–Crippen LogP) is 0.363. The van der Waals surface area contributed by atoms with E-state index in [2.05, 4.69) is 5.32 Å². The second-order valence-corrected chi connectivity index (χ2v) is 4.77. The van der Waals surface area contributed by atoms with Crippen molar-refractivity contribution < 1.29 is 14.7 Å². The summed E-state index contributed by atoms with van der Waals surface area (Å²) in [5, 5.41) is 11.7. The molecule has 0 aliphatic heterocycles. The van der Waals surface area contributed by atoms with Crippen LogP contribution >= 0.6 is 0 Å². The summed E-state index contributed by atoms with van der Waals surface area (Å²) in [5.74, 6) is -1.47. The number of rotatable bonds is 5. The van der Waals surface area contributed by atoms with Gasteiger partial charge < -0.3 is 16.2 Å². The molecule has 1 aliphatic rings. The molecule has 3 atom stereocenters. The van der Waals surface area contributed by atoms with Crippen LogP contribution in [0.15, 0.2) is 12.2 Å². The molecule has 0 radical (unpaired) electrons. The monoisotopic (exact) mass is 240 g/mol. The lowest BCUT2D eigenvalue weighted by atomic mass is 9.94. The lowest BCUT2D eigenvalue weighted by Crippen LogP contribution is -2.42. The number of hydrogen-bond donors (Lipinski definition) is 3. The average molecular weight is 240 g/mol. The number of hydrogen-bond acceptors (Lipinski definition) is 3. The third-order valence-corrected chi connectivity index (χ3v) is 3.12. The van der Waals surface area contributed by atoms with E-state index >= 15 is 0 Å². The summed E-state index contributed by atoms with van der Waals surface area (Å²) in [6, 6.07) is -0.184. The van der Waals surface area contributed by atoms with Gasteiger partial charge in [0.2, 0.25) is 5.91 Å². The van der Waals surface area contributed by atoms with Gasteiger partial charge in [-0.2, -0.15) is 0 Å². The van der Waals surface area contributed by atoms with Crippen molar-refractivity contribution in [3.05, 3.63) is 12.2 Å². The van der Waals surface area contributed by atoms with E-state index in [1.165, 1.54) is 0 Å². The van der Waals surface area contributed by atoms with Crippen molar-refractivity contribution in [1.82, 2.24) is 5.32 Å². The number of carboxylic acid groups (broad SMARTS) is 1. The molecular weight excluding hydrogens is 220 g/mol. The van der Waals surface area contributed by atoms with Gasteiger partial charge in [-0.25, -0.2) is 0 Å². The number of aliphatic carboxylic acids is 1. The molecule has 0 bridgehead atoms. The zero-order chi connectivity index (χ0) is 13.0. The Morgan fingerprint density at radius 3 is 2.53 bits per heavy atom. The molecule has 0 saturated carbocycles. The summed E-state index contributed by atoms with van der Waals surface area (Å²) in [6.07, 6.45) is 3.79. The van der Waals surface area contributed by atoms with Gasteiger partial charge in [0.1, 0.15) is 0 Å². The summed E-state index contributed by atoms with van der Waals surface area (Å²) in [7, 11) is 0. The standard InChI is InChI=1S/C12H20N2O3/c1-7(2)10(6-13)11(15)14-9-4-3-8(5-9)12(16)17/h3-4,7-10H,5-6,13H2,1-2H3,(H,14,15)(H,16,17). The molecule has 1 rings (SSSR count). The average Bonchev–Trinajstić information content (AvgIpc) is 2.66. The molecule has 0 spiro atoms. The number of carbonyl (C=O) groups is 2. The van der Waals surface area contributed by atoms with Gasteiger partial charge in [0.25, 0.3) is 0 Å². The fraction of sp³-hybridized carbons (Fsp3) is 0.667. The highest BCUT2D eigenvalue weighted by molar-refractivity contribution is 5.80. The number of amides is 1. The van der Waals surface area contributed by atoms with E-state index in [-0.39, 0.29) is 23.8 Å². The van der Waals surface area contributed by atoms with Gasteiger partial charge in [-0.1, -0.05) is 26.0 Å². The molecule has 0 aromatic rings. The lowest BCUT2D eigenvalue weighted by Gasteiger charge is -2.21. The van der Waals surface area contributed by atoms with E-state index in [9.17, 15) is 9.59 Å². The Morgan fingerprint density at radius 1 is 1.47 bits per heavy atom. The van der Waals surface area contributed by atoms with Crippen molar-refractivity contribution in [2.24, 2.45) is 23.5 Å². The Hall–Kier alpha value is -1.36. The van der Waals surface area contributed by atoms with E-state index in [1.54, 1.807) is 12.2 Å². The van der Waals surface area contributed by atoms with Crippen molar-refractivity contribution in [1.29, 1.82) is 0 Å². The molecule has 17 heavy (non-hydrogen) atoms. The fourth-order valence-electron chi connectivity index (χ4n) is 1.96.